The maximum Gasteiger partial charge on any atom is 0.292 e. The summed E-state index contributed by atoms with van der Waals surface area (Å²) < 4.78 is 5.19. The number of benzene rings is 2. The Labute approximate surface area is 163 Å². The van der Waals surface area contributed by atoms with Gasteiger partial charge in [-0.05, 0) is 37.3 Å². The molecule has 0 bridgehead atoms. The van der Waals surface area contributed by atoms with Crippen LogP contribution in [0.15, 0.2) is 48.5 Å². The number of ether oxygens (including phenoxy) is 1. The topological polar surface area (TPSA) is 89.2 Å². The van der Waals surface area contributed by atoms with Crippen LogP contribution in [0.1, 0.15) is 6.92 Å². The first-order valence-corrected chi connectivity index (χ1v) is 9.27. The quantitative estimate of drug-likeness (QED) is 0.579. The molecule has 1 heterocycles. The smallest absolute Gasteiger partial charge is 0.292 e. The Morgan fingerprint density at radius 2 is 1.82 bits per heavy atom. The molecular formula is C20H25N4O4+. The van der Waals surface area contributed by atoms with Crippen molar-refractivity contribution in [1.29, 1.82) is 0 Å². The van der Waals surface area contributed by atoms with Crippen LogP contribution in [-0.2, 0) is 4.79 Å². The molecule has 28 heavy (non-hydrogen) atoms. The van der Waals surface area contributed by atoms with Gasteiger partial charge in [-0.25, -0.2) is 0 Å². The fourth-order valence-corrected chi connectivity index (χ4v) is 3.44. The summed E-state index contributed by atoms with van der Waals surface area (Å²) in [6.07, 6.45) is 0. The molecule has 0 aliphatic carbocycles. The minimum atomic E-state index is -0.485. The lowest BCUT2D eigenvalue weighted by atomic mass is 10.2. The summed E-state index contributed by atoms with van der Waals surface area (Å²) in [4.78, 5) is 26.7. The van der Waals surface area contributed by atoms with Gasteiger partial charge in [-0.15, -0.1) is 0 Å². The Kier molecular flexibility index (Phi) is 6.10. The largest absolute Gasteiger partial charge is 0.497 e. The van der Waals surface area contributed by atoms with Crippen LogP contribution in [0.3, 0.4) is 0 Å². The molecule has 2 aromatic rings. The van der Waals surface area contributed by atoms with Crippen molar-refractivity contribution in [3.63, 3.8) is 0 Å². The van der Waals surface area contributed by atoms with E-state index in [1.807, 2.05) is 31.2 Å². The number of nitro benzene ring substituents is 1. The first-order chi connectivity index (χ1) is 13.5. The van der Waals surface area contributed by atoms with Crippen molar-refractivity contribution in [1.82, 2.24) is 0 Å². The minimum Gasteiger partial charge on any atom is -0.497 e. The van der Waals surface area contributed by atoms with E-state index in [1.165, 1.54) is 11.0 Å². The van der Waals surface area contributed by atoms with Crippen LogP contribution in [0.4, 0.5) is 17.1 Å². The van der Waals surface area contributed by atoms with Crippen LogP contribution in [0.25, 0.3) is 0 Å². The number of methoxy groups -OCH3 is 1. The number of anilines is 2. The van der Waals surface area contributed by atoms with Crippen LogP contribution in [-0.4, -0.2) is 50.2 Å². The molecule has 2 aromatic carbocycles. The van der Waals surface area contributed by atoms with E-state index >= 15 is 0 Å². The summed E-state index contributed by atoms with van der Waals surface area (Å²) in [5.74, 6) is 0.621. The minimum absolute atomic E-state index is 0.0950. The number of para-hydroxylation sites is 2. The molecule has 0 aromatic heterocycles. The molecule has 2 N–H and O–H groups in total. The number of nitrogens with zero attached hydrogens (tertiary/aromatic N) is 2. The molecule has 1 aliphatic heterocycles. The maximum atomic E-state index is 12.6. The molecule has 3 rings (SSSR count). The van der Waals surface area contributed by atoms with Crippen LogP contribution < -0.4 is 19.9 Å². The van der Waals surface area contributed by atoms with Crippen molar-refractivity contribution >= 4 is 23.0 Å². The molecule has 1 atom stereocenters. The maximum absolute atomic E-state index is 12.6. The molecule has 1 saturated heterocycles. The molecule has 1 amide bonds. The predicted molar refractivity (Wildman–Crippen MR) is 107 cm³/mol. The molecule has 8 nitrogen and oxygen atoms in total. The standard InChI is InChI=1S/C20H24N4O4/c1-15(20(25)21-18-5-3-4-6-19(18)24(26)27)22-11-13-23(14-12-22)16-7-9-17(28-2)10-8-16/h3-10,15H,11-14H2,1-2H3,(H,21,25)/p+1/t15-/m0/s1. The van der Waals surface area contributed by atoms with Gasteiger partial charge in [0.15, 0.2) is 6.04 Å². The second-order valence-corrected chi connectivity index (χ2v) is 6.83. The number of nitro groups is 1. The molecule has 0 radical (unpaired) electrons. The fourth-order valence-electron chi connectivity index (χ4n) is 3.44. The second kappa shape index (κ2) is 8.71. The molecule has 8 heteroatoms. The Bertz CT molecular complexity index is 832. The average Bonchev–Trinajstić information content (AvgIpc) is 2.73. The highest BCUT2D eigenvalue weighted by molar-refractivity contribution is 5.95. The van der Waals surface area contributed by atoms with Crippen molar-refractivity contribution in [2.75, 3.05) is 43.5 Å². The third-order valence-electron chi connectivity index (χ3n) is 5.21. The molecular weight excluding hydrogens is 360 g/mol. The normalized spacial score (nSPS) is 15.7. The lowest BCUT2D eigenvalue weighted by Crippen LogP contribution is -3.19. The van der Waals surface area contributed by atoms with Gasteiger partial charge in [0.25, 0.3) is 11.6 Å². The highest BCUT2D eigenvalue weighted by Crippen LogP contribution is 2.23. The van der Waals surface area contributed by atoms with Crippen molar-refractivity contribution in [3.05, 3.63) is 58.6 Å². The zero-order chi connectivity index (χ0) is 20.1. The van der Waals surface area contributed by atoms with E-state index in [4.69, 9.17) is 4.74 Å². The highest BCUT2D eigenvalue weighted by atomic mass is 16.6. The zero-order valence-corrected chi connectivity index (χ0v) is 16.1. The van der Waals surface area contributed by atoms with Gasteiger partial charge in [-0.3, -0.25) is 14.9 Å². The summed E-state index contributed by atoms with van der Waals surface area (Å²) in [6.45, 7) is 5.17. The fraction of sp³-hybridized carbons (Fsp3) is 0.350. The van der Waals surface area contributed by atoms with Gasteiger partial charge in [-0.2, -0.15) is 0 Å². The van der Waals surface area contributed by atoms with Gasteiger partial charge in [-0.1, -0.05) is 12.1 Å². The summed E-state index contributed by atoms with van der Waals surface area (Å²) in [6, 6.07) is 13.9. The molecule has 0 saturated carbocycles. The summed E-state index contributed by atoms with van der Waals surface area (Å²) in [5, 5.41) is 13.8. The lowest BCUT2D eigenvalue weighted by molar-refractivity contribution is -0.914. The number of hydrogen-bond acceptors (Lipinski definition) is 5. The van der Waals surface area contributed by atoms with Gasteiger partial charge in [0.05, 0.1) is 38.2 Å². The first kappa shape index (κ1) is 19.6. The average molecular weight is 385 g/mol. The summed E-state index contributed by atoms with van der Waals surface area (Å²) in [7, 11) is 1.65. The summed E-state index contributed by atoms with van der Waals surface area (Å²) in [5.41, 5.74) is 1.28. The lowest BCUT2D eigenvalue weighted by Gasteiger charge is -2.36. The van der Waals surface area contributed by atoms with E-state index in [9.17, 15) is 14.9 Å². The predicted octanol–water partition coefficient (Wildman–Crippen LogP) is 1.34. The number of carbonyl (C=O) groups excluding carboxylic acids is 1. The number of quaternary nitrogens is 1. The van der Waals surface area contributed by atoms with E-state index in [0.717, 1.165) is 37.6 Å². The van der Waals surface area contributed by atoms with Crippen molar-refractivity contribution in [3.8, 4) is 5.75 Å². The van der Waals surface area contributed by atoms with Gasteiger partial charge in [0.1, 0.15) is 11.4 Å². The molecule has 1 fully saturated rings. The summed E-state index contributed by atoms with van der Waals surface area (Å²) >= 11 is 0. The van der Waals surface area contributed by atoms with Crippen molar-refractivity contribution in [2.24, 2.45) is 0 Å². The van der Waals surface area contributed by atoms with Gasteiger partial charge < -0.3 is 19.9 Å². The van der Waals surface area contributed by atoms with Gasteiger partial charge in [0.2, 0.25) is 0 Å². The van der Waals surface area contributed by atoms with Crippen LogP contribution in [0.5, 0.6) is 5.75 Å². The Morgan fingerprint density at radius 3 is 2.43 bits per heavy atom. The highest BCUT2D eigenvalue weighted by Gasteiger charge is 2.30. The Balaban J connectivity index is 1.58. The van der Waals surface area contributed by atoms with Gasteiger partial charge >= 0.3 is 0 Å². The van der Waals surface area contributed by atoms with Crippen LogP contribution in [0.2, 0.25) is 0 Å². The molecule has 0 unspecified atom stereocenters. The number of piperazine rings is 1. The molecule has 148 valence electrons. The van der Waals surface area contributed by atoms with E-state index in [0.29, 0.717) is 0 Å². The SMILES string of the molecule is COc1ccc(N2CC[NH+]([C@@H](C)C(=O)Nc3ccccc3[N+](=O)[O-])CC2)cc1. The van der Waals surface area contributed by atoms with Crippen molar-refractivity contribution in [2.45, 2.75) is 13.0 Å². The van der Waals surface area contributed by atoms with E-state index in [-0.39, 0.29) is 23.3 Å². The third kappa shape index (κ3) is 4.40. The number of hydrogen-bond donors (Lipinski definition) is 2. The molecule has 1 aliphatic rings. The Hall–Kier alpha value is -3.13. The van der Waals surface area contributed by atoms with Crippen molar-refractivity contribution < 1.29 is 19.4 Å². The van der Waals surface area contributed by atoms with E-state index in [1.54, 1.807) is 25.3 Å². The number of amides is 1. The monoisotopic (exact) mass is 385 g/mol. The molecule has 0 spiro atoms. The number of rotatable bonds is 6. The van der Waals surface area contributed by atoms with E-state index in [2.05, 4.69) is 10.2 Å². The number of carbonyl (C=O) groups is 1. The zero-order valence-electron chi connectivity index (χ0n) is 16.1. The van der Waals surface area contributed by atoms with Gasteiger partial charge in [0, 0.05) is 11.8 Å². The van der Waals surface area contributed by atoms with Crippen LogP contribution >= 0.6 is 0 Å². The number of nitrogens with one attached hydrogen (secondary N) is 2. The Morgan fingerprint density at radius 1 is 1.18 bits per heavy atom. The van der Waals surface area contributed by atoms with E-state index < -0.39 is 4.92 Å². The second-order valence-electron chi connectivity index (χ2n) is 6.83. The first-order valence-electron chi connectivity index (χ1n) is 9.27. The third-order valence-corrected chi connectivity index (χ3v) is 5.21. The van der Waals surface area contributed by atoms with Crippen LogP contribution in [0, 0.1) is 10.1 Å².